The van der Waals surface area contributed by atoms with E-state index < -0.39 is 0 Å². The molecule has 2 bridgehead atoms. The SMILES string of the molecule is C/C(=N/O)C1CN2CCC1CC2. The molecule has 1 N–H and O–H groups in total. The van der Waals surface area contributed by atoms with Gasteiger partial charge in [-0.25, -0.2) is 0 Å². The maximum absolute atomic E-state index is 8.68. The van der Waals surface area contributed by atoms with Crippen LogP contribution in [-0.2, 0) is 0 Å². The molecule has 3 heteroatoms. The normalized spacial score (nSPS) is 41.8. The lowest BCUT2D eigenvalue weighted by Gasteiger charge is -2.44. The van der Waals surface area contributed by atoms with Crippen molar-refractivity contribution in [3.63, 3.8) is 0 Å². The summed E-state index contributed by atoms with van der Waals surface area (Å²) in [6.07, 6.45) is 2.58. The molecule has 12 heavy (non-hydrogen) atoms. The highest BCUT2D eigenvalue weighted by Gasteiger charge is 2.35. The van der Waals surface area contributed by atoms with Crippen molar-refractivity contribution in [1.29, 1.82) is 0 Å². The fourth-order valence-electron chi connectivity index (χ4n) is 2.51. The van der Waals surface area contributed by atoms with Gasteiger partial charge in [-0.05, 0) is 38.8 Å². The molecule has 0 spiro atoms. The molecular weight excluding hydrogens is 152 g/mol. The summed E-state index contributed by atoms with van der Waals surface area (Å²) in [5, 5.41) is 12.0. The van der Waals surface area contributed by atoms with Crippen LogP contribution in [-0.4, -0.2) is 35.5 Å². The molecule has 3 rings (SSSR count). The number of fused-ring (bicyclic) bond motifs is 3. The average Bonchev–Trinajstić information content (AvgIpc) is 2.18. The van der Waals surface area contributed by atoms with Gasteiger partial charge in [0.1, 0.15) is 0 Å². The highest BCUT2D eigenvalue weighted by molar-refractivity contribution is 5.84. The number of oxime groups is 1. The van der Waals surface area contributed by atoms with Crippen molar-refractivity contribution in [2.45, 2.75) is 19.8 Å². The van der Waals surface area contributed by atoms with Crippen LogP contribution in [0.5, 0.6) is 0 Å². The standard InChI is InChI=1S/C9H16N2O/c1-7(10-12)9-6-11-4-2-8(9)3-5-11/h8-9,12H,2-6H2,1H3/b10-7-. The lowest BCUT2D eigenvalue weighted by atomic mass is 9.77. The van der Waals surface area contributed by atoms with Gasteiger partial charge in [-0.1, -0.05) is 5.16 Å². The van der Waals surface area contributed by atoms with E-state index in [1.165, 1.54) is 25.9 Å². The Kier molecular flexibility index (Phi) is 2.05. The average molecular weight is 168 g/mol. The Morgan fingerprint density at radius 1 is 1.42 bits per heavy atom. The van der Waals surface area contributed by atoms with E-state index in [9.17, 15) is 0 Å². The van der Waals surface area contributed by atoms with Gasteiger partial charge < -0.3 is 10.1 Å². The van der Waals surface area contributed by atoms with Crippen LogP contribution in [0.15, 0.2) is 5.16 Å². The summed E-state index contributed by atoms with van der Waals surface area (Å²) in [5.41, 5.74) is 0.921. The molecule has 1 atom stereocenters. The molecular formula is C9H16N2O. The minimum absolute atomic E-state index is 0.525. The summed E-state index contributed by atoms with van der Waals surface area (Å²) in [6, 6.07) is 0. The molecule has 0 amide bonds. The Bertz CT molecular complexity index is 195. The summed E-state index contributed by atoms with van der Waals surface area (Å²) >= 11 is 0. The molecule has 3 fully saturated rings. The highest BCUT2D eigenvalue weighted by atomic mass is 16.4. The van der Waals surface area contributed by atoms with Crippen LogP contribution in [0.1, 0.15) is 19.8 Å². The second-order valence-electron chi connectivity index (χ2n) is 3.99. The van der Waals surface area contributed by atoms with Crippen LogP contribution in [0, 0.1) is 11.8 Å². The fraction of sp³-hybridized carbons (Fsp3) is 0.889. The van der Waals surface area contributed by atoms with Gasteiger partial charge in [-0.15, -0.1) is 0 Å². The van der Waals surface area contributed by atoms with Gasteiger partial charge in [0.05, 0.1) is 5.71 Å². The Morgan fingerprint density at radius 2 is 2.08 bits per heavy atom. The first kappa shape index (κ1) is 8.05. The quantitative estimate of drug-likeness (QED) is 0.362. The first-order chi connectivity index (χ1) is 5.81. The van der Waals surface area contributed by atoms with E-state index >= 15 is 0 Å². The molecule has 68 valence electrons. The smallest absolute Gasteiger partial charge is 0.0586 e. The molecule has 3 aliphatic rings. The van der Waals surface area contributed by atoms with E-state index in [4.69, 9.17) is 5.21 Å². The molecule has 0 radical (unpaired) electrons. The second-order valence-corrected chi connectivity index (χ2v) is 3.99. The third-order valence-corrected chi connectivity index (χ3v) is 3.35. The fourth-order valence-corrected chi connectivity index (χ4v) is 2.51. The van der Waals surface area contributed by atoms with Crippen molar-refractivity contribution < 1.29 is 5.21 Å². The van der Waals surface area contributed by atoms with Gasteiger partial charge in [0, 0.05) is 12.5 Å². The Balaban J connectivity index is 2.08. The summed E-state index contributed by atoms with van der Waals surface area (Å²) in [5.74, 6) is 1.31. The van der Waals surface area contributed by atoms with Gasteiger partial charge >= 0.3 is 0 Å². The monoisotopic (exact) mass is 168 g/mol. The topological polar surface area (TPSA) is 35.8 Å². The molecule has 3 aliphatic heterocycles. The number of rotatable bonds is 1. The van der Waals surface area contributed by atoms with E-state index in [0.29, 0.717) is 5.92 Å². The van der Waals surface area contributed by atoms with Crippen molar-refractivity contribution in [2.75, 3.05) is 19.6 Å². The Morgan fingerprint density at radius 3 is 2.50 bits per heavy atom. The molecule has 0 aromatic heterocycles. The first-order valence-corrected chi connectivity index (χ1v) is 4.72. The minimum atomic E-state index is 0.525. The molecule has 0 aromatic rings. The van der Waals surface area contributed by atoms with E-state index in [-0.39, 0.29) is 0 Å². The van der Waals surface area contributed by atoms with Crippen molar-refractivity contribution >= 4 is 5.71 Å². The lowest BCUT2D eigenvalue weighted by Crippen LogP contribution is -2.49. The van der Waals surface area contributed by atoms with Crippen LogP contribution in [0.4, 0.5) is 0 Å². The number of hydrogen-bond acceptors (Lipinski definition) is 3. The van der Waals surface area contributed by atoms with Gasteiger partial charge in [-0.3, -0.25) is 0 Å². The summed E-state index contributed by atoms with van der Waals surface area (Å²) < 4.78 is 0. The third kappa shape index (κ3) is 1.22. The van der Waals surface area contributed by atoms with Gasteiger partial charge in [0.25, 0.3) is 0 Å². The van der Waals surface area contributed by atoms with Crippen LogP contribution in [0.25, 0.3) is 0 Å². The highest BCUT2D eigenvalue weighted by Crippen LogP contribution is 2.32. The van der Waals surface area contributed by atoms with Gasteiger partial charge in [0.2, 0.25) is 0 Å². The second kappa shape index (κ2) is 3.05. The summed E-state index contributed by atoms with van der Waals surface area (Å²) in [6.45, 7) is 5.55. The lowest BCUT2D eigenvalue weighted by molar-refractivity contribution is 0.0802. The van der Waals surface area contributed by atoms with Crippen molar-refractivity contribution in [2.24, 2.45) is 17.0 Å². The van der Waals surface area contributed by atoms with E-state index in [1.807, 2.05) is 6.92 Å². The molecule has 0 aliphatic carbocycles. The third-order valence-electron chi connectivity index (χ3n) is 3.35. The summed E-state index contributed by atoms with van der Waals surface area (Å²) in [4.78, 5) is 2.47. The maximum Gasteiger partial charge on any atom is 0.0586 e. The van der Waals surface area contributed by atoms with Gasteiger partial charge in [0.15, 0.2) is 0 Å². The Hall–Kier alpha value is -0.570. The van der Waals surface area contributed by atoms with E-state index in [2.05, 4.69) is 10.1 Å². The number of nitrogens with zero attached hydrogens (tertiary/aromatic N) is 2. The molecule has 1 unspecified atom stereocenters. The van der Waals surface area contributed by atoms with Crippen molar-refractivity contribution in [1.82, 2.24) is 4.90 Å². The van der Waals surface area contributed by atoms with Crippen LogP contribution in [0.2, 0.25) is 0 Å². The first-order valence-electron chi connectivity index (χ1n) is 4.72. The summed E-state index contributed by atoms with van der Waals surface area (Å²) in [7, 11) is 0. The predicted molar refractivity (Wildman–Crippen MR) is 47.5 cm³/mol. The van der Waals surface area contributed by atoms with Crippen molar-refractivity contribution in [3.8, 4) is 0 Å². The number of piperidine rings is 3. The largest absolute Gasteiger partial charge is 0.411 e. The molecule has 3 nitrogen and oxygen atoms in total. The Labute approximate surface area is 73.1 Å². The van der Waals surface area contributed by atoms with Crippen molar-refractivity contribution in [3.05, 3.63) is 0 Å². The minimum Gasteiger partial charge on any atom is -0.411 e. The van der Waals surface area contributed by atoms with Gasteiger partial charge in [-0.2, -0.15) is 0 Å². The van der Waals surface area contributed by atoms with Crippen LogP contribution < -0.4 is 0 Å². The zero-order valence-corrected chi connectivity index (χ0v) is 7.53. The molecule has 0 aromatic carbocycles. The van der Waals surface area contributed by atoms with Crippen LogP contribution >= 0.6 is 0 Å². The molecule has 3 heterocycles. The zero-order valence-electron chi connectivity index (χ0n) is 7.53. The molecule has 3 saturated heterocycles. The molecule has 0 saturated carbocycles. The maximum atomic E-state index is 8.68. The zero-order chi connectivity index (χ0) is 8.55. The van der Waals surface area contributed by atoms with Crippen LogP contribution in [0.3, 0.4) is 0 Å². The predicted octanol–water partition coefficient (Wildman–Crippen LogP) is 1.18. The van der Waals surface area contributed by atoms with E-state index in [0.717, 1.165) is 18.2 Å². The number of hydrogen-bond donors (Lipinski definition) is 1. The van der Waals surface area contributed by atoms with E-state index in [1.54, 1.807) is 0 Å².